The van der Waals surface area contributed by atoms with Crippen LogP contribution in [0.4, 0.5) is 0 Å². The molecule has 0 fully saturated rings. The zero-order chi connectivity index (χ0) is 25.1. The van der Waals surface area contributed by atoms with E-state index in [0.29, 0.717) is 6.54 Å². The van der Waals surface area contributed by atoms with Gasteiger partial charge in [0.25, 0.3) is 0 Å². The molecule has 1 aromatic heterocycles. The molecule has 0 radical (unpaired) electrons. The Morgan fingerprint density at radius 2 is 1.75 bits per heavy atom. The average molecular weight is 482 g/mol. The van der Waals surface area contributed by atoms with Crippen LogP contribution in [0.5, 0.6) is 0 Å². The highest BCUT2D eigenvalue weighted by molar-refractivity contribution is 6.07. The number of hydrogen-bond donors (Lipinski definition) is 1. The Balaban J connectivity index is 1.63. The Morgan fingerprint density at radius 1 is 0.944 bits per heavy atom. The summed E-state index contributed by atoms with van der Waals surface area (Å²) in [4.78, 5) is 0. The van der Waals surface area contributed by atoms with Crippen molar-refractivity contribution in [2.45, 2.75) is 51.9 Å². The monoisotopic (exact) mass is 481 g/mol. The second kappa shape index (κ2) is 10.7. The normalized spacial score (nSPS) is 20.2. The number of hydrogen-bond acceptors (Lipinski definition) is 4. The van der Waals surface area contributed by atoms with Crippen molar-refractivity contribution in [3.8, 4) is 0 Å². The summed E-state index contributed by atoms with van der Waals surface area (Å²) in [5.41, 5.74) is 7.80. The largest absolute Gasteiger partial charge is 0.455 e. The molecule has 4 aromatic rings. The van der Waals surface area contributed by atoms with Gasteiger partial charge in [-0.25, -0.2) is 0 Å². The standard InChI is InChI=1S/C32H35NO3/c1-21-9-8-12-27-29-16-15-26-28(32(29)36-31(21)27)14-13-25(24-10-6-5-7-11-24)17-18-33-20-30(26)35-23(3)19-22(2)34-4/h5-13,15-18,22-23,30,33H,14,19-20H2,1-4H3/b18-17-,25-13+/t22?,23?,30-/m0/s1. The molecule has 2 heterocycles. The van der Waals surface area contributed by atoms with Crippen LogP contribution in [0.3, 0.4) is 0 Å². The first kappa shape index (κ1) is 24.4. The van der Waals surface area contributed by atoms with Crippen LogP contribution in [0.15, 0.2) is 83.4 Å². The van der Waals surface area contributed by atoms with Gasteiger partial charge in [0.1, 0.15) is 17.3 Å². The van der Waals surface area contributed by atoms with E-state index in [-0.39, 0.29) is 18.3 Å². The summed E-state index contributed by atoms with van der Waals surface area (Å²) in [7, 11) is 1.75. The van der Waals surface area contributed by atoms with Gasteiger partial charge in [-0.2, -0.15) is 0 Å². The number of para-hydroxylation sites is 1. The first-order valence-electron chi connectivity index (χ1n) is 12.8. The van der Waals surface area contributed by atoms with Gasteiger partial charge in [-0.05, 0) is 68.2 Å². The number of rotatable bonds is 6. The van der Waals surface area contributed by atoms with Gasteiger partial charge < -0.3 is 19.2 Å². The van der Waals surface area contributed by atoms with Crippen molar-refractivity contribution in [2.75, 3.05) is 13.7 Å². The minimum atomic E-state index is -0.117. The number of fused-ring (bicyclic) bond motifs is 5. The molecule has 0 bridgehead atoms. The lowest BCUT2D eigenvalue weighted by Crippen LogP contribution is -2.26. The average Bonchev–Trinajstić information content (AvgIpc) is 3.28. The van der Waals surface area contributed by atoms with Crippen LogP contribution < -0.4 is 5.32 Å². The molecule has 3 atom stereocenters. The highest BCUT2D eigenvalue weighted by Gasteiger charge is 2.24. The molecular weight excluding hydrogens is 446 g/mol. The number of methoxy groups -OCH3 is 1. The van der Waals surface area contributed by atoms with E-state index in [9.17, 15) is 0 Å². The second-order valence-electron chi connectivity index (χ2n) is 9.75. The van der Waals surface area contributed by atoms with E-state index >= 15 is 0 Å². The highest BCUT2D eigenvalue weighted by Crippen LogP contribution is 2.38. The summed E-state index contributed by atoms with van der Waals surface area (Å²) >= 11 is 0. The molecule has 0 saturated carbocycles. The van der Waals surface area contributed by atoms with E-state index < -0.39 is 0 Å². The minimum absolute atomic E-state index is 0.0514. The van der Waals surface area contributed by atoms with Gasteiger partial charge in [-0.3, -0.25) is 0 Å². The van der Waals surface area contributed by atoms with Crippen LogP contribution in [0.1, 0.15) is 48.6 Å². The number of nitrogens with one attached hydrogen (secondary N) is 1. The molecule has 1 N–H and O–H groups in total. The molecule has 186 valence electrons. The third kappa shape index (κ3) is 4.97. The van der Waals surface area contributed by atoms with Crippen molar-refractivity contribution in [3.63, 3.8) is 0 Å². The third-order valence-electron chi connectivity index (χ3n) is 7.13. The topological polar surface area (TPSA) is 43.6 Å². The Morgan fingerprint density at radius 3 is 2.56 bits per heavy atom. The zero-order valence-electron chi connectivity index (χ0n) is 21.6. The summed E-state index contributed by atoms with van der Waals surface area (Å²) in [5, 5.41) is 5.81. The Kier molecular flexibility index (Phi) is 7.26. The van der Waals surface area contributed by atoms with E-state index in [4.69, 9.17) is 13.9 Å². The van der Waals surface area contributed by atoms with Gasteiger partial charge in [-0.15, -0.1) is 0 Å². The fourth-order valence-electron chi connectivity index (χ4n) is 5.17. The van der Waals surface area contributed by atoms with Crippen LogP contribution in [-0.4, -0.2) is 25.9 Å². The summed E-state index contributed by atoms with van der Waals surface area (Å²) in [6, 6.07) is 21.3. The molecule has 4 heteroatoms. The SMILES string of the molecule is COC(C)CC(C)O[C@H]1CN/C=C\C(c2ccccc2)=C/Cc2c1ccc1c2oc2c(C)cccc21. The molecule has 0 saturated heterocycles. The lowest BCUT2D eigenvalue weighted by atomic mass is 9.94. The highest BCUT2D eigenvalue weighted by atomic mass is 16.5. The summed E-state index contributed by atoms with van der Waals surface area (Å²) in [6.45, 7) is 6.98. The van der Waals surface area contributed by atoms with Crippen LogP contribution in [0.25, 0.3) is 27.5 Å². The van der Waals surface area contributed by atoms with Crippen molar-refractivity contribution in [1.29, 1.82) is 0 Å². The molecule has 3 aromatic carbocycles. The van der Waals surface area contributed by atoms with Crippen LogP contribution in [0.2, 0.25) is 0 Å². The maximum Gasteiger partial charge on any atom is 0.139 e. The predicted octanol–water partition coefficient (Wildman–Crippen LogP) is 7.51. The number of ether oxygens (including phenoxy) is 2. The molecule has 0 spiro atoms. The van der Waals surface area contributed by atoms with Crippen LogP contribution in [0, 0.1) is 6.92 Å². The molecule has 36 heavy (non-hydrogen) atoms. The van der Waals surface area contributed by atoms with E-state index in [2.05, 4.69) is 98.9 Å². The summed E-state index contributed by atoms with van der Waals surface area (Å²) in [5.74, 6) is 0. The number of allylic oxidation sites excluding steroid dienone is 3. The zero-order valence-corrected chi connectivity index (χ0v) is 21.6. The van der Waals surface area contributed by atoms with Crippen molar-refractivity contribution in [1.82, 2.24) is 5.32 Å². The van der Waals surface area contributed by atoms with E-state index in [1.165, 1.54) is 22.3 Å². The van der Waals surface area contributed by atoms with Gasteiger partial charge in [0, 0.05) is 30.0 Å². The lowest BCUT2D eigenvalue weighted by Gasteiger charge is -2.26. The van der Waals surface area contributed by atoms with Crippen molar-refractivity contribution in [2.24, 2.45) is 0 Å². The maximum absolute atomic E-state index is 6.64. The molecule has 1 aliphatic rings. The van der Waals surface area contributed by atoms with Gasteiger partial charge in [0.15, 0.2) is 0 Å². The Labute approximate surface area is 213 Å². The number of furan rings is 1. The molecule has 2 unspecified atom stereocenters. The Bertz CT molecular complexity index is 1400. The maximum atomic E-state index is 6.64. The molecule has 0 aliphatic carbocycles. The van der Waals surface area contributed by atoms with Gasteiger partial charge in [-0.1, -0.05) is 66.7 Å². The second-order valence-corrected chi connectivity index (χ2v) is 9.75. The smallest absolute Gasteiger partial charge is 0.139 e. The van der Waals surface area contributed by atoms with Gasteiger partial charge in [0.2, 0.25) is 0 Å². The van der Waals surface area contributed by atoms with Crippen LogP contribution in [-0.2, 0) is 15.9 Å². The molecule has 4 nitrogen and oxygen atoms in total. The van der Waals surface area contributed by atoms with Crippen molar-refractivity contribution >= 4 is 27.5 Å². The molecule has 5 rings (SSSR count). The Hall–Kier alpha value is -3.34. The lowest BCUT2D eigenvalue weighted by molar-refractivity contribution is -0.0307. The molecular formula is C32H35NO3. The quantitative estimate of drug-likeness (QED) is 0.309. The van der Waals surface area contributed by atoms with Crippen molar-refractivity contribution in [3.05, 3.63) is 101 Å². The predicted molar refractivity (Wildman–Crippen MR) is 148 cm³/mol. The first-order valence-corrected chi connectivity index (χ1v) is 12.8. The van der Waals surface area contributed by atoms with E-state index in [1.54, 1.807) is 7.11 Å². The molecule has 0 amide bonds. The molecule has 1 aliphatic heterocycles. The minimum Gasteiger partial charge on any atom is -0.455 e. The third-order valence-corrected chi connectivity index (χ3v) is 7.13. The first-order chi connectivity index (χ1) is 17.5. The summed E-state index contributed by atoms with van der Waals surface area (Å²) < 4.78 is 18.7. The summed E-state index contributed by atoms with van der Waals surface area (Å²) in [6.07, 6.45) is 8.15. The van der Waals surface area contributed by atoms with Gasteiger partial charge in [0.05, 0.1) is 12.2 Å². The van der Waals surface area contributed by atoms with Gasteiger partial charge >= 0.3 is 0 Å². The van der Waals surface area contributed by atoms with Crippen LogP contribution >= 0.6 is 0 Å². The fourth-order valence-corrected chi connectivity index (χ4v) is 5.17. The van der Waals surface area contributed by atoms with E-state index in [1.807, 2.05) is 6.20 Å². The van der Waals surface area contributed by atoms with E-state index in [0.717, 1.165) is 40.3 Å². The number of aryl methyl sites for hydroxylation is 1. The number of benzene rings is 3. The van der Waals surface area contributed by atoms with Crippen molar-refractivity contribution < 1.29 is 13.9 Å². The fraction of sp³-hybridized carbons (Fsp3) is 0.312.